The molecule has 0 fully saturated rings. The van der Waals surface area contributed by atoms with E-state index in [9.17, 15) is 13.5 Å². The Morgan fingerprint density at radius 1 is 1.69 bits per heavy atom. The number of ether oxygens (including phenoxy) is 1. The topological polar surface area (TPSA) is 93.4 Å². The molecule has 1 unspecified atom stereocenters. The second-order valence-electron chi connectivity index (χ2n) is 3.31. The van der Waals surface area contributed by atoms with Gasteiger partial charge in [0.2, 0.25) is 10.0 Å². The van der Waals surface area contributed by atoms with E-state index in [4.69, 9.17) is 0 Å². The molecule has 1 heterocycles. The first kappa shape index (κ1) is 13.1. The minimum Gasteiger partial charge on any atom is -0.389 e. The van der Waals surface area contributed by atoms with Gasteiger partial charge in [-0.3, -0.25) is 4.68 Å². The Bertz CT molecular complexity index is 428. The average Bonchev–Trinajstić information content (AvgIpc) is 2.63. The molecule has 0 aliphatic rings. The lowest BCUT2D eigenvalue weighted by molar-refractivity contribution is 0.0679. The third-order valence-corrected chi connectivity index (χ3v) is 3.24. The lowest BCUT2D eigenvalue weighted by atomic mass is 10.4. The zero-order valence-corrected chi connectivity index (χ0v) is 9.94. The number of nitrogens with one attached hydrogen (secondary N) is 1. The molecule has 16 heavy (non-hydrogen) atoms. The van der Waals surface area contributed by atoms with Crippen LogP contribution >= 0.6 is 0 Å². The normalized spacial score (nSPS) is 13.9. The lowest BCUT2D eigenvalue weighted by Gasteiger charge is -2.10. The molecule has 8 heteroatoms. The summed E-state index contributed by atoms with van der Waals surface area (Å²) < 4.78 is 31.6. The Morgan fingerprint density at radius 2 is 2.38 bits per heavy atom. The van der Waals surface area contributed by atoms with Gasteiger partial charge in [-0.05, 0) is 0 Å². The highest BCUT2D eigenvalue weighted by Crippen LogP contribution is 2.05. The van der Waals surface area contributed by atoms with E-state index in [0.717, 1.165) is 0 Å². The molecule has 1 atom stereocenters. The SMILES string of the molecule is COCC(O)CNS(=O)(=O)c1cnn(C)c1. The van der Waals surface area contributed by atoms with Gasteiger partial charge in [-0.15, -0.1) is 0 Å². The second-order valence-corrected chi connectivity index (χ2v) is 5.08. The van der Waals surface area contributed by atoms with Crippen molar-refractivity contribution in [2.75, 3.05) is 20.3 Å². The standard InChI is InChI=1S/C8H15N3O4S/c1-11-5-8(4-9-11)16(13,14)10-3-7(12)6-15-2/h4-5,7,10,12H,3,6H2,1-2H3. The van der Waals surface area contributed by atoms with Crippen LogP contribution in [0.1, 0.15) is 0 Å². The van der Waals surface area contributed by atoms with Crippen molar-refractivity contribution in [2.24, 2.45) is 7.05 Å². The highest BCUT2D eigenvalue weighted by molar-refractivity contribution is 7.89. The predicted octanol–water partition coefficient (Wildman–Crippen LogP) is -1.29. The largest absolute Gasteiger partial charge is 0.389 e. The number of aryl methyl sites for hydroxylation is 1. The third kappa shape index (κ3) is 3.56. The monoisotopic (exact) mass is 249 g/mol. The fraction of sp³-hybridized carbons (Fsp3) is 0.625. The van der Waals surface area contributed by atoms with Gasteiger partial charge in [0.1, 0.15) is 4.90 Å². The first-order valence-electron chi connectivity index (χ1n) is 4.61. The van der Waals surface area contributed by atoms with Crippen molar-refractivity contribution in [1.29, 1.82) is 0 Å². The van der Waals surface area contributed by atoms with E-state index in [1.807, 2.05) is 0 Å². The minimum absolute atomic E-state index is 0.0691. The molecule has 0 aromatic carbocycles. The Balaban J connectivity index is 2.59. The maximum atomic E-state index is 11.6. The zero-order chi connectivity index (χ0) is 12.2. The van der Waals surface area contributed by atoms with E-state index in [1.54, 1.807) is 7.05 Å². The molecule has 1 rings (SSSR count). The van der Waals surface area contributed by atoms with Crippen molar-refractivity contribution in [3.05, 3.63) is 12.4 Å². The first-order valence-corrected chi connectivity index (χ1v) is 6.09. The number of methoxy groups -OCH3 is 1. The van der Waals surface area contributed by atoms with Gasteiger partial charge in [0.15, 0.2) is 0 Å². The van der Waals surface area contributed by atoms with Crippen LogP contribution in [-0.2, 0) is 21.8 Å². The fourth-order valence-corrected chi connectivity index (χ4v) is 2.13. The molecular formula is C8H15N3O4S. The van der Waals surface area contributed by atoms with E-state index in [1.165, 1.54) is 24.2 Å². The van der Waals surface area contributed by atoms with Crippen LogP contribution in [0.2, 0.25) is 0 Å². The summed E-state index contributed by atoms with van der Waals surface area (Å²) in [7, 11) is -0.549. The van der Waals surface area contributed by atoms with Crippen molar-refractivity contribution in [3.8, 4) is 0 Å². The zero-order valence-electron chi connectivity index (χ0n) is 9.12. The highest BCUT2D eigenvalue weighted by Gasteiger charge is 2.17. The van der Waals surface area contributed by atoms with Gasteiger partial charge in [0.25, 0.3) is 0 Å². The average molecular weight is 249 g/mol. The van der Waals surface area contributed by atoms with Gasteiger partial charge in [-0.1, -0.05) is 0 Å². The molecule has 1 aromatic heterocycles. The fourth-order valence-electron chi connectivity index (χ4n) is 1.08. The van der Waals surface area contributed by atoms with E-state index in [0.29, 0.717) is 0 Å². The number of sulfonamides is 1. The van der Waals surface area contributed by atoms with E-state index >= 15 is 0 Å². The predicted molar refractivity (Wildman–Crippen MR) is 56.3 cm³/mol. The summed E-state index contributed by atoms with van der Waals surface area (Å²) in [6.45, 7) is -0.0133. The van der Waals surface area contributed by atoms with Crippen molar-refractivity contribution in [1.82, 2.24) is 14.5 Å². The Hall–Kier alpha value is -0.960. The molecule has 0 bridgehead atoms. The minimum atomic E-state index is -3.60. The quantitative estimate of drug-likeness (QED) is 0.654. The van der Waals surface area contributed by atoms with Crippen LogP contribution in [0.25, 0.3) is 0 Å². The summed E-state index contributed by atoms with van der Waals surface area (Å²) in [6.07, 6.45) is 1.76. The number of nitrogens with zero attached hydrogens (tertiary/aromatic N) is 2. The summed E-state index contributed by atoms with van der Waals surface area (Å²) in [4.78, 5) is 0.0691. The van der Waals surface area contributed by atoms with Gasteiger partial charge < -0.3 is 9.84 Å². The molecule has 0 radical (unpaired) electrons. The smallest absolute Gasteiger partial charge is 0.243 e. The Labute approximate surface area is 94.1 Å². The van der Waals surface area contributed by atoms with Crippen molar-refractivity contribution >= 4 is 10.0 Å². The number of hydrogen-bond acceptors (Lipinski definition) is 5. The van der Waals surface area contributed by atoms with Crippen LogP contribution in [-0.4, -0.2) is 49.7 Å². The van der Waals surface area contributed by atoms with Gasteiger partial charge in [0, 0.05) is 26.9 Å². The van der Waals surface area contributed by atoms with Crippen molar-refractivity contribution < 1.29 is 18.3 Å². The molecular weight excluding hydrogens is 234 g/mol. The summed E-state index contributed by atoms with van der Waals surface area (Å²) in [5.41, 5.74) is 0. The maximum Gasteiger partial charge on any atom is 0.243 e. The van der Waals surface area contributed by atoms with E-state index in [2.05, 4.69) is 14.6 Å². The number of aliphatic hydroxyl groups excluding tert-OH is 1. The third-order valence-electron chi connectivity index (χ3n) is 1.86. The molecule has 92 valence electrons. The summed E-state index contributed by atoms with van der Waals surface area (Å²) in [5.74, 6) is 0. The Kier molecular flexibility index (Phi) is 4.42. The van der Waals surface area contributed by atoms with Gasteiger partial charge >= 0.3 is 0 Å². The van der Waals surface area contributed by atoms with Crippen molar-refractivity contribution in [3.63, 3.8) is 0 Å². The number of aliphatic hydroxyl groups is 1. The number of rotatable bonds is 6. The van der Waals surface area contributed by atoms with E-state index in [-0.39, 0.29) is 18.0 Å². The summed E-state index contributed by atoms with van der Waals surface area (Å²) in [6, 6.07) is 0. The van der Waals surface area contributed by atoms with Crippen LogP contribution in [0.5, 0.6) is 0 Å². The van der Waals surface area contributed by atoms with Gasteiger partial charge in [-0.2, -0.15) is 5.10 Å². The van der Waals surface area contributed by atoms with Gasteiger partial charge in [-0.25, -0.2) is 13.1 Å². The molecule has 0 saturated heterocycles. The molecule has 0 aliphatic heterocycles. The highest BCUT2D eigenvalue weighted by atomic mass is 32.2. The maximum absolute atomic E-state index is 11.6. The lowest BCUT2D eigenvalue weighted by Crippen LogP contribution is -2.34. The van der Waals surface area contributed by atoms with Crippen LogP contribution in [0, 0.1) is 0 Å². The van der Waals surface area contributed by atoms with Crippen molar-refractivity contribution in [2.45, 2.75) is 11.0 Å². The van der Waals surface area contributed by atoms with Crippen LogP contribution in [0.15, 0.2) is 17.3 Å². The number of hydrogen-bond donors (Lipinski definition) is 2. The summed E-state index contributed by atoms with van der Waals surface area (Å²) in [5, 5.41) is 13.0. The molecule has 0 saturated carbocycles. The molecule has 7 nitrogen and oxygen atoms in total. The first-order chi connectivity index (χ1) is 7.45. The van der Waals surface area contributed by atoms with Crippen LogP contribution < -0.4 is 4.72 Å². The molecule has 0 amide bonds. The van der Waals surface area contributed by atoms with E-state index < -0.39 is 16.1 Å². The molecule has 0 aliphatic carbocycles. The molecule has 2 N–H and O–H groups in total. The second kappa shape index (κ2) is 5.39. The van der Waals surface area contributed by atoms with Crippen LogP contribution in [0.3, 0.4) is 0 Å². The molecule has 0 spiro atoms. The Morgan fingerprint density at radius 3 is 2.88 bits per heavy atom. The van der Waals surface area contributed by atoms with Gasteiger partial charge in [0.05, 0.1) is 18.9 Å². The van der Waals surface area contributed by atoms with Crippen LogP contribution in [0.4, 0.5) is 0 Å². The summed E-state index contributed by atoms with van der Waals surface area (Å²) >= 11 is 0. The molecule has 1 aromatic rings. The number of aromatic nitrogens is 2.